The van der Waals surface area contributed by atoms with Crippen molar-refractivity contribution >= 4 is 42.0 Å². The van der Waals surface area contributed by atoms with E-state index in [0.717, 1.165) is 12.8 Å². The van der Waals surface area contributed by atoms with Crippen LogP contribution in [0.25, 0.3) is 11.0 Å². The van der Waals surface area contributed by atoms with Crippen LogP contribution in [0.5, 0.6) is 0 Å². The van der Waals surface area contributed by atoms with Crippen molar-refractivity contribution < 1.29 is 38.8 Å². The number of aryl methyl sites for hydroxylation is 1. The Bertz CT molecular complexity index is 1380. The van der Waals surface area contributed by atoms with Gasteiger partial charge in [-0.3, -0.25) is 9.36 Å². The number of benzene rings is 1. The summed E-state index contributed by atoms with van der Waals surface area (Å²) in [5, 5.41) is 25.9. The third-order valence-electron chi connectivity index (χ3n) is 6.63. The third-order valence-corrected chi connectivity index (χ3v) is 7.47. The number of hydrogen-bond donors (Lipinski definition) is 4. The highest BCUT2D eigenvalue weighted by Gasteiger charge is 2.45. The summed E-state index contributed by atoms with van der Waals surface area (Å²) in [4.78, 5) is 40.2. The Kier molecular flexibility index (Phi) is 6.96. The van der Waals surface area contributed by atoms with Gasteiger partial charge in [-0.05, 0) is 35.6 Å². The average molecular weight is 554 g/mol. The molecular formula is C22H25ClN5O8P. The molecule has 0 spiro atoms. The molecule has 13 nitrogen and oxygen atoms in total. The van der Waals surface area contributed by atoms with E-state index in [9.17, 15) is 19.6 Å². The zero-order valence-corrected chi connectivity index (χ0v) is 21.2. The average Bonchev–Trinajstić information content (AvgIpc) is 3.52. The topological polar surface area (TPSA) is 180 Å². The second-order valence-electron chi connectivity index (χ2n) is 9.06. The van der Waals surface area contributed by atoms with E-state index < -0.39 is 50.9 Å². The van der Waals surface area contributed by atoms with Crippen molar-refractivity contribution in [2.24, 2.45) is 0 Å². The van der Waals surface area contributed by atoms with Crippen LogP contribution in [0, 0.1) is 0 Å². The van der Waals surface area contributed by atoms with Crippen LogP contribution in [-0.4, -0.2) is 83.8 Å². The molecule has 1 aliphatic heterocycles. The molecule has 0 unspecified atom stereocenters. The minimum Gasteiger partial charge on any atom is -0.462 e. The first-order valence-corrected chi connectivity index (χ1v) is 13.6. The van der Waals surface area contributed by atoms with Gasteiger partial charge in [-0.25, -0.2) is 4.68 Å². The Morgan fingerprint density at radius 2 is 2.03 bits per heavy atom. The van der Waals surface area contributed by atoms with Gasteiger partial charge in [0.1, 0.15) is 36.9 Å². The highest BCUT2D eigenvalue weighted by Crippen LogP contribution is 2.40. The minimum atomic E-state index is -4.61. The number of rotatable bonds is 7. The molecule has 1 aliphatic carbocycles. The molecule has 0 radical (unpaired) electrons. The predicted molar refractivity (Wildman–Crippen MR) is 130 cm³/mol. The Morgan fingerprint density at radius 3 is 2.78 bits per heavy atom. The van der Waals surface area contributed by atoms with Crippen molar-refractivity contribution in [3.8, 4) is 0 Å². The number of aliphatic hydroxyl groups is 2. The summed E-state index contributed by atoms with van der Waals surface area (Å²) < 4.78 is 22.8. The molecule has 15 heteroatoms. The van der Waals surface area contributed by atoms with Gasteiger partial charge in [0, 0.05) is 7.05 Å². The molecule has 2 aromatic heterocycles. The van der Waals surface area contributed by atoms with Crippen LogP contribution in [-0.2, 0) is 25.3 Å². The summed E-state index contributed by atoms with van der Waals surface area (Å²) in [6, 6.07) is 8.27. The van der Waals surface area contributed by atoms with E-state index in [-0.39, 0.29) is 17.0 Å². The van der Waals surface area contributed by atoms with E-state index in [1.165, 1.54) is 22.0 Å². The molecule has 198 valence electrons. The molecule has 1 saturated heterocycles. The first-order chi connectivity index (χ1) is 17.5. The van der Waals surface area contributed by atoms with Crippen molar-refractivity contribution in [3.05, 3.63) is 46.9 Å². The van der Waals surface area contributed by atoms with Crippen molar-refractivity contribution in [2.75, 3.05) is 24.7 Å². The van der Waals surface area contributed by atoms with Gasteiger partial charge in [0.25, 0.3) is 0 Å². The van der Waals surface area contributed by atoms with Crippen molar-refractivity contribution in [3.63, 3.8) is 0 Å². The molecule has 2 aliphatic rings. The fourth-order valence-corrected chi connectivity index (χ4v) is 5.47. The lowest BCUT2D eigenvalue weighted by Crippen LogP contribution is -2.34. The molecule has 1 aromatic carbocycles. The first-order valence-electron chi connectivity index (χ1n) is 11.5. The predicted octanol–water partition coefficient (Wildman–Crippen LogP) is 0.943. The van der Waals surface area contributed by atoms with Crippen molar-refractivity contribution in [1.29, 1.82) is 0 Å². The van der Waals surface area contributed by atoms with Gasteiger partial charge in [-0.1, -0.05) is 24.3 Å². The Balaban J connectivity index is 1.39. The number of ether oxygens (including phenoxy) is 2. The van der Waals surface area contributed by atoms with Gasteiger partial charge in [0.15, 0.2) is 11.9 Å². The van der Waals surface area contributed by atoms with E-state index in [4.69, 9.17) is 30.9 Å². The first kappa shape index (κ1) is 26.0. The van der Waals surface area contributed by atoms with E-state index in [1.807, 2.05) is 24.1 Å². The monoisotopic (exact) mass is 553 g/mol. The summed E-state index contributed by atoms with van der Waals surface area (Å²) >= 11 is 6.28. The number of esters is 1. The molecule has 0 bridgehead atoms. The van der Waals surface area contributed by atoms with E-state index in [2.05, 4.69) is 27.2 Å². The quantitative estimate of drug-likeness (QED) is 0.185. The van der Waals surface area contributed by atoms with Crippen LogP contribution in [0.15, 0.2) is 30.5 Å². The fraction of sp³-hybridized carbons (Fsp3) is 0.455. The molecule has 5 atom stereocenters. The van der Waals surface area contributed by atoms with Crippen LogP contribution in [0.2, 0.25) is 5.28 Å². The lowest BCUT2D eigenvalue weighted by atomic mass is 10.1. The Morgan fingerprint density at radius 1 is 1.27 bits per heavy atom. The molecule has 37 heavy (non-hydrogen) atoms. The van der Waals surface area contributed by atoms with Crippen molar-refractivity contribution in [2.45, 2.75) is 43.4 Å². The van der Waals surface area contributed by atoms with Crippen LogP contribution >= 0.6 is 19.2 Å². The maximum atomic E-state index is 11.6. The number of nitrogens with zero attached hydrogens (tertiary/aromatic N) is 5. The largest absolute Gasteiger partial charge is 0.462 e. The van der Waals surface area contributed by atoms with E-state index in [0.29, 0.717) is 11.2 Å². The van der Waals surface area contributed by atoms with Crippen LogP contribution in [0.4, 0.5) is 5.82 Å². The molecule has 0 amide bonds. The molecule has 3 heterocycles. The van der Waals surface area contributed by atoms with Crippen LogP contribution in [0.1, 0.15) is 29.8 Å². The van der Waals surface area contributed by atoms with Crippen molar-refractivity contribution in [1.82, 2.24) is 19.7 Å². The number of halogens is 1. The number of aromatic nitrogens is 4. The summed E-state index contributed by atoms with van der Waals surface area (Å²) in [6.45, 7) is -0.530. The summed E-state index contributed by atoms with van der Waals surface area (Å²) in [5.74, 6) is -0.619. The molecule has 4 N–H and O–H groups in total. The molecule has 0 saturated carbocycles. The second-order valence-corrected chi connectivity index (χ2v) is 11.0. The normalized spacial score (nSPS) is 25.4. The lowest BCUT2D eigenvalue weighted by Gasteiger charge is -2.27. The highest BCUT2D eigenvalue weighted by molar-refractivity contribution is 7.52. The molecular weight excluding hydrogens is 529 g/mol. The number of anilines is 1. The van der Waals surface area contributed by atoms with Crippen LogP contribution in [0.3, 0.4) is 0 Å². The van der Waals surface area contributed by atoms with E-state index in [1.54, 1.807) is 0 Å². The third kappa shape index (κ3) is 5.08. The van der Waals surface area contributed by atoms with Gasteiger partial charge >= 0.3 is 13.6 Å². The van der Waals surface area contributed by atoms with Crippen LogP contribution < -0.4 is 4.90 Å². The number of carbonyl (C=O) groups excluding carboxylic acids is 1. The number of aliphatic hydroxyl groups excluding tert-OH is 2. The summed E-state index contributed by atoms with van der Waals surface area (Å²) in [5.41, 5.74) is 2.74. The van der Waals surface area contributed by atoms with Gasteiger partial charge in [0.05, 0.1) is 17.6 Å². The Hall–Kier alpha value is -2.64. The van der Waals surface area contributed by atoms with Gasteiger partial charge < -0.3 is 34.4 Å². The standard InChI is InChI=1S/C22H25ClN5O8P/c1-27(14-7-6-11-4-2-3-5-12(11)14)19-13-8-24-28(20(13)26-22(23)25-19)21-18(31)17(30)15(36-21)9-35-16(29)10-37(32,33)34/h2-5,8,14-15,17-18,21,30-31H,6-7,9-10H2,1H3,(H2,32,33,34)/t14-,15+,17+,18+,21+/m0/s1. The zero-order chi connectivity index (χ0) is 26.5. The highest BCUT2D eigenvalue weighted by atomic mass is 35.5. The van der Waals surface area contributed by atoms with E-state index >= 15 is 0 Å². The van der Waals surface area contributed by atoms with Gasteiger partial charge in [-0.15, -0.1) is 0 Å². The summed E-state index contributed by atoms with van der Waals surface area (Å²) in [7, 11) is -2.69. The second kappa shape index (κ2) is 9.91. The molecule has 3 aromatic rings. The zero-order valence-electron chi connectivity index (χ0n) is 19.6. The minimum absolute atomic E-state index is 0.0432. The number of hydrogen-bond acceptors (Lipinski definition) is 10. The number of carbonyl (C=O) groups is 1. The maximum Gasteiger partial charge on any atom is 0.336 e. The van der Waals surface area contributed by atoms with Gasteiger partial charge in [0.2, 0.25) is 5.28 Å². The lowest BCUT2D eigenvalue weighted by molar-refractivity contribution is -0.147. The maximum absolute atomic E-state index is 11.6. The van der Waals surface area contributed by atoms with Gasteiger partial charge in [-0.2, -0.15) is 15.1 Å². The Labute approximate surface area is 215 Å². The fourth-order valence-electron chi connectivity index (χ4n) is 4.88. The SMILES string of the molecule is CN(c1nc(Cl)nc2c1cnn2[C@@H]1O[C@H](COC(=O)CP(=O)(O)O)[C@@H](O)[C@H]1O)[C@H]1CCc2ccccc21. The smallest absolute Gasteiger partial charge is 0.336 e. The molecule has 5 rings (SSSR count). The number of fused-ring (bicyclic) bond motifs is 2. The summed E-state index contributed by atoms with van der Waals surface area (Å²) in [6.07, 6.45) is -3.06. The molecule has 1 fully saturated rings.